The summed E-state index contributed by atoms with van der Waals surface area (Å²) in [5.41, 5.74) is 0. The van der Waals surface area contributed by atoms with Gasteiger partial charge in [-0.05, 0) is 19.3 Å². The number of rotatable bonds is 7. The van der Waals surface area contributed by atoms with Crippen molar-refractivity contribution in [3.63, 3.8) is 0 Å². The SMILES string of the molecule is CCC(CNC(C)C)N(CC(F)(F)F)C1CC1. The van der Waals surface area contributed by atoms with Gasteiger partial charge in [-0.1, -0.05) is 20.8 Å². The molecule has 1 saturated carbocycles. The number of hydrogen-bond acceptors (Lipinski definition) is 2. The Hall–Kier alpha value is -0.290. The minimum atomic E-state index is -4.09. The Morgan fingerprint density at radius 1 is 1.29 bits per heavy atom. The molecule has 1 aliphatic carbocycles. The van der Waals surface area contributed by atoms with Crippen LogP contribution in [0.5, 0.6) is 0 Å². The Balaban J connectivity index is 2.53. The molecular formula is C12H23F3N2. The van der Waals surface area contributed by atoms with Crippen LogP contribution in [0.25, 0.3) is 0 Å². The van der Waals surface area contributed by atoms with Crippen LogP contribution in [0, 0.1) is 0 Å². The highest BCUT2D eigenvalue weighted by Gasteiger charge is 2.40. The lowest BCUT2D eigenvalue weighted by Crippen LogP contribution is -2.48. The molecule has 0 saturated heterocycles. The molecule has 2 nitrogen and oxygen atoms in total. The summed E-state index contributed by atoms with van der Waals surface area (Å²) in [6.07, 6.45) is -1.51. The molecule has 0 radical (unpaired) electrons. The van der Waals surface area contributed by atoms with Crippen LogP contribution in [0.2, 0.25) is 0 Å². The molecule has 0 aromatic carbocycles. The molecule has 1 fully saturated rings. The van der Waals surface area contributed by atoms with Crippen LogP contribution in [0.4, 0.5) is 13.2 Å². The first-order valence-electron chi connectivity index (χ1n) is 6.39. The zero-order chi connectivity index (χ0) is 13.1. The molecule has 0 spiro atoms. The minimum absolute atomic E-state index is 0.00785. The fraction of sp³-hybridized carbons (Fsp3) is 1.00. The summed E-state index contributed by atoms with van der Waals surface area (Å²) < 4.78 is 37.6. The van der Waals surface area contributed by atoms with E-state index in [4.69, 9.17) is 0 Å². The molecule has 0 amide bonds. The van der Waals surface area contributed by atoms with Crippen LogP contribution in [0.1, 0.15) is 40.0 Å². The van der Waals surface area contributed by atoms with E-state index in [1.807, 2.05) is 20.8 Å². The average Bonchev–Trinajstić information content (AvgIpc) is 2.97. The predicted molar refractivity (Wildman–Crippen MR) is 63.0 cm³/mol. The summed E-state index contributed by atoms with van der Waals surface area (Å²) in [5.74, 6) is 0. The quantitative estimate of drug-likeness (QED) is 0.749. The standard InChI is InChI=1S/C12H23F3N2/c1-4-10(7-16-9(2)3)17(11-5-6-11)8-12(13,14)15/h9-11,16H,4-8H2,1-3H3. The molecule has 5 heteroatoms. The van der Waals surface area contributed by atoms with E-state index in [-0.39, 0.29) is 12.1 Å². The van der Waals surface area contributed by atoms with Gasteiger partial charge >= 0.3 is 6.18 Å². The summed E-state index contributed by atoms with van der Waals surface area (Å²) in [6.45, 7) is 5.85. The predicted octanol–water partition coefficient (Wildman–Crippen LogP) is 2.79. The van der Waals surface area contributed by atoms with Gasteiger partial charge in [0.1, 0.15) is 0 Å². The molecule has 0 aromatic heterocycles. The Kier molecular flexibility index (Phi) is 5.25. The summed E-state index contributed by atoms with van der Waals surface area (Å²) in [6, 6.07) is 0.457. The van der Waals surface area contributed by atoms with Gasteiger partial charge in [-0.2, -0.15) is 13.2 Å². The maximum absolute atomic E-state index is 12.5. The Morgan fingerprint density at radius 3 is 2.24 bits per heavy atom. The Bertz CT molecular complexity index is 224. The first-order valence-corrected chi connectivity index (χ1v) is 6.39. The van der Waals surface area contributed by atoms with Crippen molar-refractivity contribution in [2.75, 3.05) is 13.1 Å². The molecule has 1 N–H and O–H groups in total. The van der Waals surface area contributed by atoms with E-state index < -0.39 is 12.7 Å². The van der Waals surface area contributed by atoms with Gasteiger partial charge < -0.3 is 5.32 Å². The maximum Gasteiger partial charge on any atom is 0.401 e. The number of nitrogens with zero attached hydrogens (tertiary/aromatic N) is 1. The van der Waals surface area contributed by atoms with Gasteiger partial charge in [-0.3, -0.25) is 4.90 Å². The van der Waals surface area contributed by atoms with Crippen LogP contribution in [0.15, 0.2) is 0 Å². The van der Waals surface area contributed by atoms with Crippen LogP contribution in [-0.2, 0) is 0 Å². The van der Waals surface area contributed by atoms with Gasteiger partial charge in [0.25, 0.3) is 0 Å². The largest absolute Gasteiger partial charge is 0.401 e. The van der Waals surface area contributed by atoms with Crippen molar-refractivity contribution in [1.82, 2.24) is 10.2 Å². The normalized spacial score (nSPS) is 19.1. The highest BCUT2D eigenvalue weighted by atomic mass is 19.4. The monoisotopic (exact) mass is 252 g/mol. The van der Waals surface area contributed by atoms with Gasteiger partial charge in [-0.25, -0.2) is 0 Å². The maximum atomic E-state index is 12.5. The zero-order valence-electron chi connectivity index (χ0n) is 10.8. The summed E-state index contributed by atoms with van der Waals surface area (Å²) in [5, 5.41) is 3.24. The molecule has 0 aromatic rings. The molecule has 1 aliphatic rings. The van der Waals surface area contributed by atoms with Crippen LogP contribution >= 0.6 is 0 Å². The number of alkyl halides is 3. The van der Waals surface area contributed by atoms with Crippen molar-refractivity contribution in [2.24, 2.45) is 0 Å². The van der Waals surface area contributed by atoms with Crippen LogP contribution < -0.4 is 5.32 Å². The number of halogens is 3. The number of hydrogen-bond donors (Lipinski definition) is 1. The van der Waals surface area contributed by atoms with Gasteiger partial charge in [0.05, 0.1) is 6.54 Å². The summed E-state index contributed by atoms with van der Waals surface area (Å²) in [4.78, 5) is 1.63. The highest BCUT2D eigenvalue weighted by Crippen LogP contribution is 2.32. The summed E-state index contributed by atoms with van der Waals surface area (Å²) in [7, 11) is 0. The second kappa shape index (κ2) is 6.05. The Labute approximate surface area is 102 Å². The lowest BCUT2D eigenvalue weighted by molar-refractivity contribution is -0.152. The first-order chi connectivity index (χ1) is 7.83. The van der Waals surface area contributed by atoms with Crippen molar-refractivity contribution in [3.05, 3.63) is 0 Å². The Morgan fingerprint density at radius 2 is 1.88 bits per heavy atom. The summed E-state index contributed by atoms with van der Waals surface area (Å²) >= 11 is 0. The molecule has 17 heavy (non-hydrogen) atoms. The van der Waals surface area contributed by atoms with Gasteiger partial charge in [0.2, 0.25) is 0 Å². The molecule has 0 aliphatic heterocycles. The van der Waals surface area contributed by atoms with E-state index in [1.165, 1.54) is 0 Å². The lowest BCUT2D eigenvalue weighted by atomic mass is 10.1. The molecule has 1 rings (SSSR count). The van der Waals surface area contributed by atoms with Crippen LogP contribution in [-0.4, -0.2) is 42.3 Å². The third kappa shape index (κ3) is 5.73. The van der Waals surface area contributed by atoms with E-state index in [0.29, 0.717) is 12.6 Å². The lowest BCUT2D eigenvalue weighted by Gasteiger charge is -2.32. The van der Waals surface area contributed by atoms with Crippen molar-refractivity contribution < 1.29 is 13.2 Å². The second-order valence-electron chi connectivity index (χ2n) is 5.14. The van der Waals surface area contributed by atoms with Gasteiger partial charge in [0, 0.05) is 24.7 Å². The zero-order valence-corrected chi connectivity index (χ0v) is 10.8. The molecular weight excluding hydrogens is 229 g/mol. The van der Waals surface area contributed by atoms with E-state index >= 15 is 0 Å². The molecule has 1 atom stereocenters. The van der Waals surface area contributed by atoms with Gasteiger partial charge in [-0.15, -0.1) is 0 Å². The molecule has 1 unspecified atom stereocenters. The highest BCUT2D eigenvalue weighted by molar-refractivity contribution is 4.90. The third-order valence-electron chi connectivity index (χ3n) is 3.08. The fourth-order valence-electron chi connectivity index (χ4n) is 2.04. The third-order valence-corrected chi connectivity index (χ3v) is 3.08. The van der Waals surface area contributed by atoms with Crippen molar-refractivity contribution in [2.45, 2.75) is 64.3 Å². The first kappa shape index (κ1) is 14.8. The molecule has 102 valence electrons. The number of nitrogens with one attached hydrogen (secondary N) is 1. The minimum Gasteiger partial charge on any atom is -0.313 e. The smallest absolute Gasteiger partial charge is 0.313 e. The van der Waals surface area contributed by atoms with Crippen molar-refractivity contribution in [1.29, 1.82) is 0 Å². The van der Waals surface area contributed by atoms with E-state index in [1.54, 1.807) is 4.90 Å². The average molecular weight is 252 g/mol. The fourth-order valence-corrected chi connectivity index (χ4v) is 2.04. The van der Waals surface area contributed by atoms with E-state index in [2.05, 4.69) is 5.32 Å². The van der Waals surface area contributed by atoms with E-state index in [0.717, 1.165) is 19.3 Å². The van der Waals surface area contributed by atoms with Gasteiger partial charge in [0.15, 0.2) is 0 Å². The van der Waals surface area contributed by atoms with E-state index in [9.17, 15) is 13.2 Å². The van der Waals surface area contributed by atoms with Crippen molar-refractivity contribution in [3.8, 4) is 0 Å². The van der Waals surface area contributed by atoms with Crippen molar-refractivity contribution >= 4 is 0 Å². The second-order valence-corrected chi connectivity index (χ2v) is 5.14. The molecule has 0 heterocycles. The molecule has 0 bridgehead atoms. The topological polar surface area (TPSA) is 15.3 Å². The van der Waals surface area contributed by atoms with Crippen LogP contribution in [0.3, 0.4) is 0 Å².